The summed E-state index contributed by atoms with van der Waals surface area (Å²) in [6.45, 7) is 5.98. The fraction of sp³-hybridized carbons (Fsp3) is 0.353. The van der Waals surface area contributed by atoms with Crippen molar-refractivity contribution in [3.8, 4) is 12.3 Å². The Labute approximate surface area is 138 Å². The molecule has 0 aliphatic carbocycles. The van der Waals surface area contributed by atoms with Crippen molar-refractivity contribution in [3.63, 3.8) is 0 Å². The molecule has 1 amide bonds. The molecule has 0 atom stereocenters. The van der Waals surface area contributed by atoms with E-state index >= 15 is 0 Å². The van der Waals surface area contributed by atoms with Crippen molar-refractivity contribution >= 4 is 33.4 Å². The highest BCUT2D eigenvalue weighted by Crippen LogP contribution is 2.20. The number of esters is 1. The van der Waals surface area contributed by atoms with Crippen molar-refractivity contribution in [1.29, 1.82) is 0 Å². The molecule has 1 heterocycles. The molecular formula is C17H18N2O3S. The van der Waals surface area contributed by atoms with Crippen LogP contribution in [0.1, 0.15) is 31.1 Å². The van der Waals surface area contributed by atoms with Gasteiger partial charge in [-0.15, -0.1) is 6.42 Å². The van der Waals surface area contributed by atoms with Gasteiger partial charge in [-0.05, 0) is 25.1 Å². The summed E-state index contributed by atoms with van der Waals surface area (Å²) in [6, 6.07) is 5.23. The molecule has 0 fully saturated rings. The maximum absolute atomic E-state index is 11.9. The molecule has 0 radical (unpaired) electrons. The summed E-state index contributed by atoms with van der Waals surface area (Å²) in [5, 5.41) is 0. The van der Waals surface area contributed by atoms with Crippen LogP contribution in [-0.2, 0) is 16.1 Å². The van der Waals surface area contributed by atoms with Gasteiger partial charge in [0.1, 0.15) is 0 Å². The SMILES string of the molecule is C#CCn1c(=NC(=O)C(C)C)sc2cc(C(=O)OCC)ccc21. The Morgan fingerprint density at radius 2 is 2.17 bits per heavy atom. The van der Waals surface area contributed by atoms with E-state index in [-0.39, 0.29) is 17.8 Å². The maximum Gasteiger partial charge on any atom is 0.338 e. The van der Waals surface area contributed by atoms with E-state index in [9.17, 15) is 9.59 Å². The van der Waals surface area contributed by atoms with Crippen LogP contribution in [-0.4, -0.2) is 23.1 Å². The van der Waals surface area contributed by atoms with Crippen LogP contribution in [0.4, 0.5) is 0 Å². The van der Waals surface area contributed by atoms with E-state index in [2.05, 4.69) is 10.9 Å². The molecular weight excluding hydrogens is 312 g/mol. The Kier molecular flexibility index (Phi) is 5.35. The van der Waals surface area contributed by atoms with Crippen LogP contribution in [0.3, 0.4) is 0 Å². The second-order valence-electron chi connectivity index (χ2n) is 5.18. The molecule has 0 N–H and O–H groups in total. The van der Waals surface area contributed by atoms with Crippen LogP contribution in [0.15, 0.2) is 23.2 Å². The number of benzene rings is 1. The first-order chi connectivity index (χ1) is 11.0. The molecule has 5 nitrogen and oxygen atoms in total. The maximum atomic E-state index is 11.9. The topological polar surface area (TPSA) is 60.7 Å². The molecule has 1 aromatic heterocycles. The number of thiazole rings is 1. The lowest BCUT2D eigenvalue weighted by molar-refractivity contribution is -0.120. The number of aromatic nitrogens is 1. The molecule has 2 rings (SSSR count). The molecule has 120 valence electrons. The van der Waals surface area contributed by atoms with Gasteiger partial charge in [-0.25, -0.2) is 4.79 Å². The van der Waals surface area contributed by atoms with Crippen LogP contribution in [0.2, 0.25) is 0 Å². The molecule has 0 saturated heterocycles. The number of nitrogens with zero attached hydrogens (tertiary/aromatic N) is 2. The van der Waals surface area contributed by atoms with E-state index in [0.717, 1.165) is 10.2 Å². The number of carbonyl (C=O) groups excluding carboxylic acids is 2. The molecule has 0 spiro atoms. The minimum Gasteiger partial charge on any atom is -0.462 e. The average Bonchev–Trinajstić information content (AvgIpc) is 2.84. The van der Waals surface area contributed by atoms with Crippen molar-refractivity contribution in [2.75, 3.05) is 6.61 Å². The van der Waals surface area contributed by atoms with E-state index in [1.807, 2.05) is 0 Å². The molecule has 2 aromatic rings. The number of hydrogen-bond acceptors (Lipinski definition) is 4. The monoisotopic (exact) mass is 330 g/mol. The normalized spacial score (nSPS) is 11.7. The van der Waals surface area contributed by atoms with E-state index in [1.165, 1.54) is 11.3 Å². The van der Waals surface area contributed by atoms with E-state index in [1.54, 1.807) is 43.5 Å². The Balaban J connectivity index is 2.60. The number of carbonyl (C=O) groups is 2. The Hall–Kier alpha value is -2.39. The standard InChI is InChI=1S/C17H18N2O3S/c1-5-9-19-13-8-7-12(16(21)22-6-2)10-14(13)23-17(19)18-15(20)11(3)4/h1,7-8,10-11H,6,9H2,2-4H3. The highest BCUT2D eigenvalue weighted by Gasteiger charge is 2.12. The van der Waals surface area contributed by atoms with Gasteiger partial charge in [-0.2, -0.15) is 4.99 Å². The quantitative estimate of drug-likeness (QED) is 0.639. The zero-order valence-corrected chi connectivity index (χ0v) is 14.1. The fourth-order valence-corrected chi connectivity index (χ4v) is 3.04. The molecule has 0 aliphatic rings. The minimum absolute atomic E-state index is 0.186. The Morgan fingerprint density at radius 3 is 2.78 bits per heavy atom. The van der Waals surface area contributed by atoms with Crippen LogP contribution >= 0.6 is 11.3 Å². The predicted octanol–water partition coefficient (Wildman–Crippen LogP) is 2.60. The van der Waals surface area contributed by atoms with Gasteiger partial charge in [0.25, 0.3) is 5.91 Å². The van der Waals surface area contributed by atoms with E-state index < -0.39 is 0 Å². The lowest BCUT2D eigenvalue weighted by Gasteiger charge is -2.03. The first kappa shape index (κ1) is 17.0. The predicted molar refractivity (Wildman–Crippen MR) is 90.0 cm³/mol. The van der Waals surface area contributed by atoms with Crippen LogP contribution in [0, 0.1) is 18.3 Å². The summed E-state index contributed by atoms with van der Waals surface area (Å²) < 4.78 is 7.64. The Bertz CT molecular complexity index is 853. The zero-order chi connectivity index (χ0) is 17.0. The molecule has 0 aliphatic heterocycles. The van der Waals surface area contributed by atoms with Gasteiger partial charge in [0, 0.05) is 5.92 Å². The summed E-state index contributed by atoms with van der Waals surface area (Å²) in [4.78, 5) is 28.4. The molecule has 1 aromatic carbocycles. The fourth-order valence-electron chi connectivity index (χ4n) is 1.97. The van der Waals surface area contributed by atoms with Gasteiger partial charge in [0.05, 0.1) is 28.9 Å². The zero-order valence-electron chi connectivity index (χ0n) is 13.3. The second kappa shape index (κ2) is 7.25. The summed E-state index contributed by atoms with van der Waals surface area (Å²) in [5.41, 5.74) is 1.31. The minimum atomic E-state index is -0.372. The van der Waals surface area contributed by atoms with Gasteiger partial charge in [-0.3, -0.25) is 4.79 Å². The highest BCUT2D eigenvalue weighted by atomic mass is 32.1. The summed E-state index contributed by atoms with van der Waals surface area (Å²) >= 11 is 1.33. The largest absolute Gasteiger partial charge is 0.462 e. The average molecular weight is 330 g/mol. The third-order valence-electron chi connectivity index (χ3n) is 3.14. The van der Waals surface area contributed by atoms with Crippen molar-refractivity contribution < 1.29 is 14.3 Å². The third kappa shape index (κ3) is 3.69. The van der Waals surface area contributed by atoms with Crippen LogP contribution < -0.4 is 4.80 Å². The molecule has 0 saturated carbocycles. The smallest absolute Gasteiger partial charge is 0.338 e. The molecule has 23 heavy (non-hydrogen) atoms. The van der Waals surface area contributed by atoms with Gasteiger partial charge < -0.3 is 9.30 Å². The number of rotatable bonds is 4. The van der Waals surface area contributed by atoms with Crippen molar-refractivity contribution in [2.45, 2.75) is 27.3 Å². The van der Waals surface area contributed by atoms with E-state index in [4.69, 9.17) is 11.2 Å². The van der Waals surface area contributed by atoms with Crippen molar-refractivity contribution in [1.82, 2.24) is 4.57 Å². The van der Waals surface area contributed by atoms with Gasteiger partial charge in [0.15, 0.2) is 4.80 Å². The number of amides is 1. The van der Waals surface area contributed by atoms with Gasteiger partial charge >= 0.3 is 5.97 Å². The number of terminal acetylenes is 1. The number of ether oxygens (including phenoxy) is 1. The lowest BCUT2D eigenvalue weighted by atomic mass is 10.2. The third-order valence-corrected chi connectivity index (χ3v) is 4.18. The first-order valence-electron chi connectivity index (χ1n) is 7.30. The molecule has 0 bridgehead atoms. The number of fused-ring (bicyclic) bond motifs is 1. The summed E-state index contributed by atoms with van der Waals surface area (Å²) in [6.07, 6.45) is 5.42. The molecule has 6 heteroatoms. The molecule has 0 unspecified atom stereocenters. The highest BCUT2D eigenvalue weighted by molar-refractivity contribution is 7.16. The van der Waals surface area contributed by atoms with E-state index in [0.29, 0.717) is 23.5 Å². The Morgan fingerprint density at radius 1 is 1.43 bits per heavy atom. The van der Waals surface area contributed by atoms with Crippen molar-refractivity contribution in [2.24, 2.45) is 10.9 Å². The summed E-state index contributed by atoms with van der Waals surface area (Å²) in [5.74, 6) is 1.81. The van der Waals surface area contributed by atoms with Crippen molar-refractivity contribution in [3.05, 3.63) is 28.6 Å². The summed E-state index contributed by atoms with van der Waals surface area (Å²) in [7, 11) is 0. The lowest BCUT2D eigenvalue weighted by Crippen LogP contribution is -2.18. The van der Waals surface area contributed by atoms with Gasteiger partial charge in [0.2, 0.25) is 0 Å². The van der Waals surface area contributed by atoms with Gasteiger partial charge in [-0.1, -0.05) is 31.1 Å². The van der Waals surface area contributed by atoms with Crippen LogP contribution in [0.25, 0.3) is 10.2 Å². The second-order valence-corrected chi connectivity index (χ2v) is 6.19. The first-order valence-corrected chi connectivity index (χ1v) is 8.12. The van der Waals surface area contributed by atoms with Crippen LogP contribution in [0.5, 0.6) is 0 Å². The number of hydrogen-bond donors (Lipinski definition) is 0.